The molecule has 0 spiro atoms. The second kappa shape index (κ2) is 11.6. The molecule has 0 aliphatic heterocycles. The van der Waals surface area contributed by atoms with Gasteiger partial charge in [0.2, 0.25) is 5.88 Å². The number of ether oxygens (including phenoxy) is 1. The molecular weight excluding hydrogens is 379 g/mol. The summed E-state index contributed by atoms with van der Waals surface area (Å²) in [5.74, 6) is 1.50. The van der Waals surface area contributed by atoms with Crippen molar-refractivity contribution in [1.29, 1.82) is 0 Å². The van der Waals surface area contributed by atoms with Crippen molar-refractivity contribution in [3.05, 3.63) is 23.9 Å². The lowest BCUT2D eigenvalue weighted by Crippen LogP contribution is -2.37. The Bertz CT molecular complexity index is 407. The zero-order valence-corrected chi connectivity index (χ0v) is 15.7. The maximum atomic E-state index is 5.51. The first kappa shape index (κ1) is 19.9. The van der Waals surface area contributed by atoms with E-state index in [9.17, 15) is 0 Å². The Balaban J connectivity index is 0.00000400. The van der Waals surface area contributed by atoms with E-state index < -0.39 is 0 Å². The Morgan fingerprint density at radius 2 is 2.05 bits per heavy atom. The van der Waals surface area contributed by atoms with Gasteiger partial charge < -0.3 is 15.4 Å². The summed E-state index contributed by atoms with van der Waals surface area (Å²) in [5.41, 5.74) is 1.06. The number of nitrogens with one attached hydrogen (secondary N) is 2. The summed E-state index contributed by atoms with van der Waals surface area (Å²) in [6.45, 7) is 10.6. The molecule has 5 nitrogen and oxygen atoms in total. The number of hydrogen-bond donors (Lipinski definition) is 2. The van der Waals surface area contributed by atoms with E-state index >= 15 is 0 Å². The third-order valence-corrected chi connectivity index (χ3v) is 2.46. The minimum atomic E-state index is 0. The van der Waals surface area contributed by atoms with Gasteiger partial charge in [-0.15, -0.1) is 24.0 Å². The molecule has 0 bridgehead atoms. The van der Waals surface area contributed by atoms with Crippen LogP contribution in [0.3, 0.4) is 0 Å². The number of aromatic nitrogens is 1. The van der Waals surface area contributed by atoms with E-state index in [-0.39, 0.29) is 30.1 Å². The average Bonchev–Trinajstić information content (AvgIpc) is 2.43. The monoisotopic (exact) mass is 406 g/mol. The summed E-state index contributed by atoms with van der Waals surface area (Å²) in [5, 5.41) is 6.49. The minimum Gasteiger partial charge on any atom is -0.475 e. The highest BCUT2D eigenvalue weighted by Crippen LogP contribution is 2.10. The van der Waals surface area contributed by atoms with E-state index in [1.165, 1.54) is 0 Å². The van der Waals surface area contributed by atoms with E-state index in [4.69, 9.17) is 4.74 Å². The van der Waals surface area contributed by atoms with Crippen LogP contribution in [0.5, 0.6) is 5.88 Å². The maximum Gasteiger partial charge on any atom is 0.213 e. The van der Waals surface area contributed by atoms with Crippen LogP contribution in [-0.4, -0.2) is 30.1 Å². The largest absolute Gasteiger partial charge is 0.475 e. The molecule has 1 aromatic heterocycles. The Morgan fingerprint density at radius 3 is 2.57 bits per heavy atom. The van der Waals surface area contributed by atoms with Crippen LogP contribution in [0.1, 0.15) is 39.7 Å². The summed E-state index contributed by atoms with van der Waals surface area (Å²) in [4.78, 5) is 8.80. The van der Waals surface area contributed by atoms with Gasteiger partial charge in [0.1, 0.15) is 0 Å². The lowest BCUT2D eigenvalue weighted by molar-refractivity contribution is 0.232. The van der Waals surface area contributed by atoms with Gasteiger partial charge >= 0.3 is 0 Å². The van der Waals surface area contributed by atoms with Crippen LogP contribution in [0, 0.1) is 0 Å². The molecule has 0 amide bonds. The summed E-state index contributed by atoms with van der Waals surface area (Å²) < 4.78 is 5.51. The average molecular weight is 406 g/mol. The third kappa shape index (κ3) is 8.75. The number of pyridine rings is 1. The molecule has 2 N–H and O–H groups in total. The highest BCUT2D eigenvalue weighted by Gasteiger charge is 2.00. The van der Waals surface area contributed by atoms with Crippen LogP contribution in [-0.2, 0) is 6.54 Å². The van der Waals surface area contributed by atoms with Gasteiger partial charge in [0, 0.05) is 25.4 Å². The van der Waals surface area contributed by atoms with Gasteiger partial charge in [-0.2, -0.15) is 0 Å². The van der Waals surface area contributed by atoms with Crippen molar-refractivity contribution in [2.75, 3.05) is 13.1 Å². The fourth-order valence-electron chi connectivity index (χ4n) is 1.57. The molecule has 0 fully saturated rings. The molecule has 0 unspecified atom stereocenters. The van der Waals surface area contributed by atoms with Gasteiger partial charge in [-0.3, -0.25) is 0 Å². The highest BCUT2D eigenvalue weighted by molar-refractivity contribution is 14.0. The van der Waals surface area contributed by atoms with Gasteiger partial charge in [-0.25, -0.2) is 9.98 Å². The lowest BCUT2D eigenvalue weighted by atomic mass is 10.3. The SMILES string of the molecule is CCCNC(=NCc1ccc(OC(C)C)nc1)NCC.I. The summed E-state index contributed by atoms with van der Waals surface area (Å²) in [7, 11) is 0. The molecule has 21 heavy (non-hydrogen) atoms. The van der Waals surface area contributed by atoms with Gasteiger partial charge in [-0.1, -0.05) is 13.0 Å². The number of guanidine groups is 1. The maximum absolute atomic E-state index is 5.51. The van der Waals surface area contributed by atoms with E-state index in [0.29, 0.717) is 12.4 Å². The summed E-state index contributed by atoms with van der Waals surface area (Å²) in [6.07, 6.45) is 3.03. The van der Waals surface area contributed by atoms with Crippen molar-refractivity contribution in [1.82, 2.24) is 15.6 Å². The normalized spacial score (nSPS) is 11.0. The standard InChI is InChI=1S/C15H26N4O.HI/c1-5-9-17-15(16-6-2)19-11-13-7-8-14(18-10-13)20-12(3)4;/h7-8,10,12H,5-6,9,11H2,1-4H3,(H2,16,17,19);1H. The van der Waals surface area contributed by atoms with Crippen LogP contribution < -0.4 is 15.4 Å². The third-order valence-electron chi connectivity index (χ3n) is 2.46. The van der Waals surface area contributed by atoms with Crippen molar-refractivity contribution in [3.8, 4) is 5.88 Å². The van der Waals surface area contributed by atoms with Crippen LogP contribution in [0.25, 0.3) is 0 Å². The first-order valence-electron chi connectivity index (χ1n) is 7.29. The molecule has 6 heteroatoms. The Morgan fingerprint density at radius 1 is 1.29 bits per heavy atom. The highest BCUT2D eigenvalue weighted by atomic mass is 127. The van der Waals surface area contributed by atoms with Gasteiger partial charge in [0.25, 0.3) is 0 Å². The number of halogens is 1. The molecule has 1 aromatic rings. The Labute approximate surface area is 145 Å². The molecule has 0 aromatic carbocycles. The van der Waals surface area contributed by atoms with Gasteiger partial charge in [0.15, 0.2) is 5.96 Å². The first-order chi connectivity index (χ1) is 9.65. The molecule has 120 valence electrons. The van der Waals surface area contributed by atoms with Crippen molar-refractivity contribution in [2.24, 2.45) is 4.99 Å². The van der Waals surface area contributed by atoms with E-state index in [1.807, 2.05) is 32.2 Å². The molecule has 0 saturated heterocycles. The number of aliphatic imine (C=N–C) groups is 1. The van der Waals surface area contributed by atoms with E-state index in [1.54, 1.807) is 0 Å². The van der Waals surface area contributed by atoms with Crippen molar-refractivity contribution in [3.63, 3.8) is 0 Å². The predicted molar refractivity (Wildman–Crippen MR) is 98.5 cm³/mol. The van der Waals surface area contributed by atoms with E-state index in [0.717, 1.165) is 31.0 Å². The Kier molecular flexibility index (Phi) is 11.0. The fraction of sp³-hybridized carbons (Fsp3) is 0.600. The zero-order chi connectivity index (χ0) is 14.8. The minimum absolute atomic E-state index is 0. The summed E-state index contributed by atoms with van der Waals surface area (Å²) >= 11 is 0. The van der Waals surface area contributed by atoms with Crippen LogP contribution in [0.2, 0.25) is 0 Å². The van der Waals surface area contributed by atoms with Crippen LogP contribution in [0.4, 0.5) is 0 Å². The molecule has 0 saturated carbocycles. The molecule has 0 aliphatic carbocycles. The van der Waals surface area contributed by atoms with Gasteiger partial charge in [0.05, 0.1) is 12.6 Å². The molecule has 1 rings (SSSR count). The molecule has 1 heterocycles. The van der Waals surface area contributed by atoms with E-state index in [2.05, 4.69) is 34.5 Å². The topological polar surface area (TPSA) is 58.5 Å². The molecular formula is C15H27IN4O. The number of nitrogens with zero attached hydrogens (tertiary/aromatic N) is 2. The molecule has 0 radical (unpaired) electrons. The molecule has 0 aliphatic rings. The molecule has 0 atom stereocenters. The van der Waals surface area contributed by atoms with Crippen LogP contribution >= 0.6 is 24.0 Å². The second-order valence-electron chi connectivity index (χ2n) is 4.79. The van der Waals surface area contributed by atoms with Crippen LogP contribution in [0.15, 0.2) is 23.3 Å². The second-order valence-corrected chi connectivity index (χ2v) is 4.79. The smallest absolute Gasteiger partial charge is 0.213 e. The lowest BCUT2D eigenvalue weighted by Gasteiger charge is -2.10. The Hall–Kier alpha value is -1.05. The van der Waals surface area contributed by atoms with Crippen molar-refractivity contribution < 1.29 is 4.74 Å². The number of hydrogen-bond acceptors (Lipinski definition) is 3. The van der Waals surface area contributed by atoms with Crippen molar-refractivity contribution in [2.45, 2.75) is 46.8 Å². The summed E-state index contributed by atoms with van der Waals surface area (Å²) in [6, 6.07) is 3.88. The number of rotatable bonds is 7. The predicted octanol–water partition coefficient (Wildman–Crippen LogP) is 2.95. The van der Waals surface area contributed by atoms with Crippen molar-refractivity contribution >= 4 is 29.9 Å². The van der Waals surface area contributed by atoms with Gasteiger partial charge in [-0.05, 0) is 32.8 Å². The first-order valence-corrected chi connectivity index (χ1v) is 7.29. The fourth-order valence-corrected chi connectivity index (χ4v) is 1.57. The quantitative estimate of drug-likeness (QED) is 0.415. The zero-order valence-electron chi connectivity index (χ0n) is 13.3.